The molecule has 39 heavy (non-hydrogen) atoms. The number of hydrogen-bond donors (Lipinski definition) is 2. The Labute approximate surface area is 232 Å². The maximum absolute atomic E-state index is 13.4. The zero-order valence-electron chi connectivity index (χ0n) is 21.8. The van der Waals surface area contributed by atoms with Crippen molar-refractivity contribution >= 4 is 34.5 Å². The molecule has 10 heteroatoms. The minimum absolute atomic E-state index is 0.283. The second-order valence-electron chi connectivity index (χ2n) is 9.92. The number of carbonyl (C=O) groups is 1. The van der Waals surface area contributed by atoms with Gasteiger partial charge in [0.15, 0.2) is 5.65 Å². The van der Waals surface area contributed by atoms with Crippen molar-refractivity contribution in [3.63, 3.8) is 0 Å². The van der Waals surface area contributed by atoms with Gasteiger partial charge in [-0.1, -0.05) is 23.7 Å². The third-order valence-corrected chi connectivity index (χ3v) is 7.52. The molecule has 4 aromatic rings. The lowest BCUT2D eigenvalue weighted by atomic mass is 10.1. The largest absolute Gasteiger partial charge is 0.492 e. The van der Waals surface area contributed by atoms with Gasteiger partial charge in [-0.15, -0.1) is 0 Å². The van der Waals surface area contributed by atoms with Crippen molar-refractivity contribution in [3.8, 4) is 16.9 Å². The van der Waals surface area contributed by atoms with Gasteiger partial charge in [0.05, 0.1) is 17.6 Å². The fourth-order valence-electron chi connectivity index (χ4n) is 5.21. The van der Waals surface area contributed by atoms with Gasteiger partial charge in [0.1, 0.15) is 18.1 Å². The zero-order valence-corrected chi connectivity index (χ0v) is 22.5. The number of hydrogen-bond acceptors (Lipinski definition) is 7. The van der Waals surface area contributed by atoms with Crippen molar-refractivity contribution in [2.45, 2.75) is 12.8 Å². The number of nitrogens with one attached hydrogen (secondary N) is 2. The number of piperazine rings is 1. The monoisotopic (exact) mass is 545 g/mol. The van der Waals surface area contributed by atoms with E-state index in [9.17, 15) is 4.79 Å². The van der Waals surface area contributed by atoms with Crippen molar-refractivity contribution in [1.82, 2.24) is 24.8 Å². The topological polar surface area (TPSA) is 87.0 Å². The van der Waals surface area contributed by atoms with E-state index in [1.807, 2.05) is 42.5 Å². The van der Waals surface area contributed by atoms with Crippen molar-refractivity contribution in [2.24, 2.45) is 0 Å². The number of anilines is 2. The van der Waals surface area contributed by atoms with Crippen LogP contribution in [-0.4, -0.2) is 77.8 Å². The van der Waals surface area contributed by atoms with Crippen LogP contribution < -0.4 is 20.3 Å². The molecule has 0 saturated carbocycles. The molecule has 2 fully saturated rings. The van der Waals surface area contributed by atoms with E-state index >= 15 is 0 Å². The Morgan fingerprint density at radius 3 is 2.72 bits per heavy atom. The molecule has 1 amide bonds. The molecule has 0 spiro atoms. The van der Waals surface area contributed by atoms with E-state index < -0.39 is 0 Å². The smallest absolute Gasteiger partial charge is 0.274 e. The van der Waals surface area contributed by atoms with Gasteiger partial charge < -0.3 is 20.3 Å². The van der Waals surface area contributed by atoms with Crippen LogP contribution in [0.2, 0.25) is 5.02 Å². The fourth-order valence-corrected chi connectivity index (χ4v) is 5.40. The summed E-state index contributed by atoms with van der Waals surface area (Å²) in [5.41, 5.74) is 4.29. The molecule has 2 aromatic carbocycles. The average molecular weight is 546 g/mol. The predicted molar refractivity (Wildman–Crippen MR) is 154 cm³/mol. The number of aromatic nitrogens is 3. The Morgan fingerprint density at radius 2 is 1.90 bits per heavy atom. The van der Waals surface area contributed by atoms with Crippen molar-refractivity contribution in [2.75, 3.05) is 62.6 Å². The molecule has 2 aromatic heterocycles. The number of amides is 1. The zero-order chi connectivity index (χ0) is 26.6. The Morgan fingerprint density at radius 1 is 1.05 bits per heavy atom. The van der Waals surface area contributed by atoms with Gasteiger partial charge in [-0.05, 0) is 61.8 Å². The Kier molecular flexibility index (Phi) is 7.62. The summed E-state index contributed by atoms with van der Waals surface area (Å²) in [6.07, 6.45) is 6.03. The molecule has 0 atom stereocenters. The van der Waals surface area contributed by atoms with Crippen molar-refractivity contribution < 1.29 is 9.53 Å². The third-order valence-electron chi connectivity index (χ3n) is 7.29. The summed E-state index contributed by atoms with van der Waals surface area (Å²) in [5.74, 6) is 0.528. The summed E-state index contributed by atoms with van der Waals surface area (Å²) in [7, 11) is 0. The molecule has 0 aliphatic carbocycles. The van der Waals surface area contributed by atoms with Crippen molar-refractivity contribution in [3.05, 3.63) is 71.6 Å². The number of benzene rings is 2. The molecule has 0 bridgehead atoms. The number of carbonyl (C=O) groups excluding carboxylic acids is 1. The van der Waals surface area contributed by atoms with Gasteiger partial charge >= 0.3 is 0 Å². The fraction of sp³-hybridized carbons (Fsp3) is 0.345. The summed E-state index contributed by atoms with van der Waals surface area (Å²) in [4.78, 5) is 22.8. The summed E-state index contributed by atoms with van der Waals surface area (Å²) < 4.78 is 7.78. The Hall–Kier alpha value is -3.66. The van der Waals surface area contributed by atoms with Crippen LogP contribution in [0.4, 0.5) is 11.4 Å². The van der Waals surface area contributed by atoms with Gasteiger partial charge in [0.2, 0.25) is 0 Å². The number of halogens is 1. The highest BCUT2D eigenvalue weighted by molar-refractivity contribution is 6.30. The first-order valence-corrected chi connectivity index (χ1v) is 13.9. The van der Waals surface area contributed by atoms with Gasteiger partial charge in [-0.3, -0.25) is 9.69 Å². The van der Waals surface area contributed by atoms with E-state index in [4.69, 9.17) is 16.3 Å². The van der Waals surface area contributed by atoms with E-state index in [1.165, 1.54) is 12.8 Å². The summed E-state index contributed by atoms with van der Waals surface area (Å²) >= 11 is 6.20. The van der Waals surface area contributed by atoms with Gasteiger partial charge in [-0.2, -0.15) is 5.10 Å². The standard InChI is InChI=1S/C29H32ClN7O2/c30-22-5-3-4-21(18-22)24-20-32-37-13-8-26(33-28(24)37)29(38)34-25-7-6-23(39-17-16-35-11-1-2-12-35)19-27(25)36-14-9-31-10-15-36/h3-8,13,18-20,31H,1-2,9-12,14-17H2,(H,34,38). The molecule has 202 valence electrons. The number of likely N-dealkylation sites (tertiary alicyclic amines) is 1. The Bertz CT molecular complexity index is 1460. The Balaban J connectivity index is 1.23. The van der Waals surface area contributed by atoms with E-state index in [1.54, 1.807) is 23.0 Å². The van der Waals surface area contributed by atoms with Crippen LogP contribution in [0, 0.1) is 0 Å². The molecular formula is C29H32ClN7O2. The lowest BCUT2D eigenvalue weighted by Crippen LogP contribution is -2.43. The first kappa shape index (κ1) is 25.6. The highest BCUT2D eigenvalue weighted by atomic mass is 35.5. The molecular weight excluding hydrogens is 514 g/mol. The van der Waals surface area contributed by atoms with Crippen LogP contribution >= 0.6 is 11.6 Å². The second-order valence-corrected chi connectivity index (χ2v) is 10.4. The third kappa shape index (κ3) is 5.85. The van der Waals surface area contributed by atoms with Gasteiger partial charge in [-0.25, -0.2) is 9.50 Å². The normalized spacial score (nSPS) is 16.1. The van der Waals surface area contributed by atoms with Gasteiger partial charge in [0, 0.05) is 55.6 Å². The summed E-state index contributed by atoms with van der Waals surface area (Å²) in [6.45, 7) is 7.36. The first-order chi connectivity index (χ1) is 19.1. The van der Waals surface area contributed by atoms with E-state index in [0.717, 1.165) is 74.1 Å². The highest BCUT2D eigenvalue weighted by Crippen LogP contribution is 2.32. The quantitative estimate of drug-likeness (QED) is 0.343. The maximum Gasteiger partial charge on any atom is 0.274 e. The number of nitrogens with zero attached hydrogens (tertiary/aromatic N) is 5. The molecule has 0 radical (unpaired) electrons. The van der Waals surface area contributed by atoms with Crippen LogP contribution in [0.1, 0.15) is 23.3 Å². The van der Waals surface area contributed by atoms with Crippen LogP contribution in [0.15, 0.2) is 60.9 Å². The molecule has 2 aliphatic heterocycles. The SMILES string of the molecule is O=C(Nc1ccc(OCCN2CCCC2)cc1N1CCNCC1)c1ccn2ncc(-c3cccc(Cl)c3)c2n1. The minimum Gasteiger partial charge on any atom is -0.492 e. The molecule has 6 rings (SSSR count). The average Bonchev–Trinajstić information content (AvgIpc) is 3.64. The summed E-state index contributed by atoms with van der Waals surface area (Å²) in [6, 6.07) is 15.1. The van der Waals surface area contributed by atoms with Crippen LogP contribution in [0.25, 0.3) is 16.8 Å². The number of ether oxygens (including phenoxy) is 1. The summed E-state index contributed by atoms with van der Waals surface area (Å²) in [5, 5.41) is 11.5. The number of fused-ring (bicyclic) bond motifs is 1. The number of rotatable bonds is 8. The lowest BCUT2D eigenvalue weighted by molar-refractivity contribution is 0.102. The first-order valence-electron chi connectivity index (χ1n) is 13.5. The minimum atomic E-state index is -0.283. The highest BCUT2D eigenvalue weighted by Gasteiger charge is 2.19. The van der Waals surface area contributed by atoms with Crippen LogP contribution in [0.5, 0.6) is 5.75 Å². The van der Waals surface area contributed by atoms with E-state index in [0.29, 0.717) is 23.0 Å². The molecule has 2 saturated heterocycles. The second kappa shape index (κ2) is 11.6. The van der Waals surface area contributed by atoms with Crippen LogP contribution in [0.3, 0.4) is 0 Å². The molecule has 0 unspecified atom stereocenters. The van der Waals surface area contributed by atoms with Crippen LogP contribution in [-0.2, 0) is 0 Å². The molecule has 2 aliphatic rings. The maximum atomic E-state index is 13.4. The van der Waals surface area contributed by atoms with Gasteiger partial charge in [0.25, 0.3) is 5.91 Å². The van der Waals surface area contributed by atoms with Crippen molar-refractivity contribution in [1.29, 1.82) is 0 Å². The predicted octanol–water partition coefficient (Wildman–Crippen LogP) is 4.19. The van der Waals surface area contributed by atoms with E-state index in [2.05, 4.69) is 30.5 Å². The van der Waals surface area contributed by atoms with E-state index in [-0.39, 0.29) is 5.91 Å². The molecule has 9 nitrogen and oxygen atoms in total. The molecule has 4 heterocycles. The lowest BCUT2D eigenvalue weighted by Gasteiger charge is -2.31. The molecule has 2 N–H and O–H groups in total.